The first-order valence-electron chi connectivity index (χ1n) is 12.4. The molecule has 168 valence electrons. The monoisotopic (exact) mass is 416 g/mol. The zero-order valence-corrected chi connectivity index (χ0v) is 18.8. The van der Waals surface area contributed by atoms with Gasteiger partial charge in [-0.25, -0.2) is 4.99 Å². The molecular weight excluding hydrogens is 376 g/mol. The summed E-state index contributed by atoms with van der Waals surface area (Å²) in [5.41, 5.74) is 5.40. The molecule has 0 bridgehead atoms. The number of carbonyl (C=O) groups is 2. The van der Waals surface area contributed by atoms with Gasteiger partial charge in [-0.1, -0.05) is 44.9 Å². The highest BCUT2D eigenvalue weighted by Gasteiger charge is 2.48. The molecule has 2 aliphatic heterocycles. The van der Waals surface area contributed by atoms with Gasteiger partial charge in [-0.15, -0.1) is 0 Å². The number of amides is 2. The van der Waals surface area contributed by atoms with Crippen LogP contribution in [0.2, 0.25) is 0 Å². The van der Waals surface area contributed by atoms with Crippen LogP contribution >= 0.6 is 0 Å². The van der Waals surface area contributed by atoms with E-state index in [1.807, 2.05) is 0 Å². The molecular formula is C24H40N4O2. The van der Waals surface area contributed by atoms with E-state index in [0.29, 0.717) is 17.8 Å². The van der Waals surface area contributed by atoms with Crippen molar-refractivity contribution in [2.45, 2.75) is 95.4 Å². The van der Waals surface area contributed by atoms with Crippen LogP contribution in [0.15, 0.2) is 4.99 Å². The van der Waals surface area contributed by atoms with Crippen LogP contribution in [-0.2, 0) is 9.59 Å². The van der Waals surface area contributed by atoms with Crippen LogP contribution in [-0.4, -0.2) is 53.2 Å². The smallest absolute Gasteiger partial charge is 0.257 e. The largest absolute Gasteiger partial charge is 0.369 e. The quantitative estimate of drug-likeness (QED) is 0.717. The van der Waals surface area contributed by atoms with E-state index in [0.717, 1.165) is 64.0 Å². The molecule has 4 rings (SSSR count). The molecule has 30 heavy (non-hydrogen) atoms. The minimum absolute atomic E-state index is 0.0649. The first-order valence-corrected chi connectivity index (χ1v) is 12.4. The van der Waals surface area contributed by atoms with Crippen molar-refractivity contribution in [3.63, 3.8) is 0 Å². The SMILES string of the molecule is CN1C(=O)[C@](CCC2CCCCC2)(C[C@@H]2CCCN(C(=O)C3CCCC3)C2)N=C1N. The van der Waals surface area contributed by atoms with E-state index in [1.165, 1.54) is 44.9 Å². The van der Waals surface area contributed by atoms with Crippen LogP contribution in [0.4, 0.5) is 0 Å². The second kappa shape index (κ2) is 9.27. The molecule has 6 nitrogen and oxygen atoms in total. The molecule has 0 radical (unpaired) electrons. The van der Waals surface area contributed by atoms with E-state index in [1.54, 1.807) is 11.9 Å². The molecule has 0 spiro atoms. The Morgan fingerprint density at radius 2 is 1.70 bits per heavy atom. The zero-order chi connectivity index (χ0) is 21.1. The van der Waals surface area contributed by atoms with Crippen LogP contribution < -0.4 is 5.73 Å². The average Bonchev–Trinajstić information content (AvgIpc) is 3.37. The van der Waals surface area contributed by atoms with Crippen molar-refractivity contribution in [1.29, 1.82) is 0 Å². The normalized spacial score (nSPS) is 31.4. The highest BCUT2D eigenvalue weighted by molar-refractivity contribution is 6.06. The van der Waals surface area contributed by atoms with Gasteiger partial charge < -0.3 is 10.6 Å². The van der Waals surface area contributed by atoms with Gasteiger partial charge in [0.05, 0.1) is 0 Å². The summed E-state index contributed by atoms with van der Waals surface area (Å²) in [5.74, 6) is 2.07. The van der Waals surface area contributed by atoms with Gasteiger partial charge in [0, 0.05) is 26.1 Å². The Hall–Kier alpha value is -1.59. The maximum atomic E-state index is 13.3. The maximum absolute atomic E-state index is 13.3. The molecule has 3 fully saturated rings. The Morgan fingerprint density at radius 1 is 1.03 bits per heavy atom. The minimum atomic E-state index is -0.708. The van der Waals surface area contributed by atoms with E-state index in [4.69, 9.17) is 10.7 Å². The van der Waals surface area contributed by atoms with Crippen molar-refractivity contribution >= 4 is 17.8 Å². The topological polar surface area (TPSA) is 79.0 Å². The van der Waals surface area contributed by atoms with Gasteiger partial charge in [-0.2, -0.15) is 0 Å². The van der Waals surface area contributed by atoms with Crippen molar-refractivity contribution in [2.24, 2.45) is 28.5 Å². The number of guanidine groups is 1. The third-order valence-corrected chi connectivity index (χ3v) is 8.23. The summed E-state index contributed by atoms with van der Waals surface area (Å²) < 4.78 is 0. The lowest BCUT2D eigenvalue weighted by Crippen LogP contribution is -2.47. The predicted octanol–water partition coefficient (Wildman–Crippen LogP) is 3.69. The molecule has 0 unspecified atom stereocenters. The highest BCUT2D eigenvalue weighted by Crippen LogP contribution is 2.39. The lowest BCUT2D eigenvalue weighted by atomic mass is 9.77. The van der Waals surface area contributed by atoms with Crippen LogP contribution in [0.1, 0.15) is 89.9 Å². The second-order valence-electron chi connectivity index (χ2n) is 10.4. The van der Waals surface area contributed by atoms with E-state index in [-0.39, 0.29) is 11.8 Å². The average molecular weight is 417 g/mol. The van der Waals surface area contributed by atoms with Crippen LogP contribution in [0, 0.1) is 17.8 Å². The van der Waals surface area contributed by atoms with Gasteiger partial charge >= 0.3 is 0 Å². The van der Waals surface area contributed by atoms with E-state index >= 15 is 0 Å². The number of likely N-dealkylation sites (N-methyl/N-ethyl adjacent to an activating group) is 1. The van der Waals surface area contributed by atoms with E-state index in [9.17, 15) is 9.59 Å². The molecule has 6 heteroatoms. The first kappa shape index (κ1) is 21.6. The molecule has 2 amide bonds. The Morgan fingerprint density at radius 3 is 2.37 bits per heavy atom. The Bertz CT molecular complexity index is 666. The number of nitrogens with two attached hydrogens (primary N) is 1. The summed E-state index contributed by atoms with van der Waals surface area (Å²) in [6, 6.07) is 0. The number of nitrogens with zero attached hydrogens (tertiary/aromatic N) is 3. The highest BCUT2D eigenvalue weighted by atomic mass is 16.2. The summed E-state index contributed by atoms with van der Waals surface area (Å²) in [4.78, 5) is 34.6. The summed E-state index contributed by atoms with van der Waals surface area (Å²) in [5, 5.41) is 0. The predicted molar refractivity (Wildman–Crippen MR) is 119 cm³/mol. The lowest BCUT2D eigenvalue weighted by Gasteiger charge is -2.38. The maximum Gasteiger partial charge on any atom is 0.257 e. The number of hydrogen-bond acceptors (Lipinski definition) is 4. The number of hydrogen-bond donors (Lipinski definition) is 1. The van der Waals surface area contributed by atoms with Gasteiger partial charge in [0.25, 0.3) is 5.91 Å². The van der Waals surface area contributed by atoms with Crippen molar-refractivity contribution in [1.82, 2.24) is 9.80 Å². The zero-order valence-electron chi connectivity index (χ0n) is 18.8. The summed E-state index contributed by atoms with van der Waals surface area (Å²) in [6.45, 7) is 1.66. The second-order valence-corrected chi connectivity index (χ2v) is 10.4. The third kappa shape index (κ3) is 4.52. The van der Waals surface area contributed by atoms with Gasteiger partial charge in [0.2, 0.25) is 5.91 Å². The van der Waals surface area contributed by atoms with Crippen molar-refractivity contribution in [3.05, 3.63) is 0 Å². The van der Waals surface area contributed by atoms with Gasteiger partial charge in [-0.05, 0) is 56.8 Å². The van der Waals surface area contributed by atoms with Crippen molar-refractivity contribution < 1.29 is 9.59 Å². The Balaban J connectivity index is 1.43. The van der Waals surface area contributed by atoms with Gasteiger partial charge in [-0.3, -0.25) is 14.5 Å². The van der Waals surface area contributed by atoms with Crippen LogP contribution in [0.3, 0.4) is 0 Å². The summed E-state index contributed by atoms with van der Waals surface area (Å²) in [7, 11) is 1.75. The van der Waals surface area contributed by atoms with Gasteiger partial charge in [0.1, 0.15) is 5.54 Å². The molecule has 2 N–H and O–H groups in total. The third-order valence-electron chi connectivity index (χ3n) is 8.23. The molecule has 0 aromatic heterocycles. The number of aliphatic imine (C=N–C) groups is 1. The molecule has 0 aromatic carbocycles. The molecule has 1 saturated heterocycles. The molecule has 2 atom stereocenters. The van der Waals surface area contributed by atoms with Crippen molar-refractivity contribution in [3.8, 4) is 0 Å². The molecule has 2 aliphatic carbocycles. The first-order chi connectivity index (χ1) is 14.5. The summed E-state index contributed by atoms with van der Waals surface area (Å²) in [6.07, 6.45) is 15.7. The number of piperidine rings is 1. The Labute approximate surface area is 181 Å². The number of carbonyl (C=O) groups excluding carboxylic acids is 2. The Kier molecular flexibility index (Phi) is 6.69. The fraction of sp³-hybridized carbons (Fsp3) is 0.875. The fourth-order valence-corrected chi connectivity index (χ4v) is 6.42. The van der Waals surface area contributed by atoms with Gasteiger partial charge in [0.15, 0.2) is 5.96 Å². The fourth-order valence-electron chi connectivity index (χ4n) is 6.42. The minimum Gasteiger partial charge on any atom is -0.369 e. The molecule has 2 saturated carbocycles. The number of rotatable bonds is 6. The summed E-state index contributed by atoms with van der Waals surface area (Å²) >= 11 is 0. The molecule has 4 aliphatic rings. The van der Waals surface area contributed by atoms with E-state index in [2.05, 4.69) is 4.90 Å². The van der Waals surface area contributed by atoms with Crippen LogP contribution in [0.5, 0.6) is 0 Å². The van der Waals surface area contributed by atoms with Crippen molar-refractivity contribution in [2.75, 3.05) is 20.1 Å². The lowest BCUT2D eigenvalue weighted by molar-refractivity contribution is -0.137. The number of likely N-dealkylation sites (tertiary alicyclic amines) is 1. The standard InChI is InChI=1S/C24H40N4O2/c1-27-22(30)24(26-23(27)25,14-13-18-8-3-2-4-9-18)16-19-10-7-15-28(17-19)21(29)20-11-5-6-12-20/h18-20H,2-17H2,1H3,(H2,25,26)/t19-,24-/m0/s1. The van der Waals surface area contributed by atoms with E-state index < -0.39 is 5.54 Å². The molecule has 0 aromatic rings. The molecule has 2 heterocycles. The van der Waals surface area contributed by atoms with Crippen LogP contribution in [0.25, 0.3) is 0 Å².